The highest BCUT2D eigenvalue weighted by molar-refractivity contribution is 7.18. The molecule has 4 nitrogen and oxygen atoms in total. The first-order chi connectivity index (χ1) is 7.10. The Labute approximate surface area is 91.5 Å². The van der Waals surface area contributed by atoms with E-state index in [1.807, 2.05) is 7.05 Å². The Morgan fingerprint density at radius 2 is 2.40 bits per heavy atom. The average molecular weight is 224 g/mol. The van der Waals surface area contributed by atoms with Crippen LogP contribution in [0, 0.1) is 0 Å². The zero-order valence-corrected chi connectivity index (χ0v) is 9.23. The van der Waals surface area contributed by atoms with Crippen molar-refractivity contribution in [3.05, 3.63) is 10.9 Å². The molecule has 5 heteroatoms. The summed E-state index contributed by atoms with van der Waals surface area (Å²) >= 11 is 1.34. The summed E-state index contributed by atoms with van der Waals surface area (Å²) in [5.41, 5.74) is 1.26. The van der Waals surface area contributed by atoms with Crippen molar-refractivity contribution in [3.8, 4) is 0 Å². The standard InChI is InChI=1S/C10H12N2O2S/c1-12-5-10(2-3-10)11-8-6(12)4-7(15-8)9(13)14/h4,11H,2-3,5H2,1H3,(H,13,14). The Hall–Kier alpha value is -1.23. The monoisotopic (exact) mass is 224 g/mol. The number of rotatable bonds is 1. The second-order valence-electron chi connectivity index (χ2n) is 4.39. The van der Waals surface area contributed by atoms with Crippen LogP contribution in [0.1, 0.15) is 22.5 Å². The first kappa shape index (κ1) is 9.03. The third kappa shape index (κ3) is 1.30. The van der Waals surface area contributed by atoms with E-state index in [1.165, 1.54) is 24.2 Å². The van der Waals surface area contributed by atoms with Crippen LogP contribution in [0.3, 0.4) is 0 Å². The topological polar surface area (TPSA) is 52.6 Å². The maximum atomic E-state index is 10.9. The second kappa shape index (κ2) is 2.66. The molecule has 0 bridgehead atoms. The number of thiophene rings is 1. The Kier molecular flexibility index (Phi) is 1.60. The molecule has 1 aromatic rings. The minimum Gasteiger partial charge on any atom is -0.477 e. The molecule has 0 atom stereocenters. The molecule has 0 saturated heterocycles. The predicted molar refractivity (Wildman–Crippen MR) is 60.1 cm³/mol. The van der Waals surface area contributed by atoms with E-state index in [1.54, 1.807) is 6.07 Å². The predicted octanol–water partition coefficient (Wildman–Crippen LogP) is 1.84. The highest BCUT2D eigenvalue weighted by atomic mass is 32.1. The number of hydrogen-bond donors (Lipinski definition) is 2. The molecule has 1 aromatic heterocycles. The van der Waals surface area contributed by atoms with Gasteiger partial charge in [0.1, 0.15) is 9.88 Å². The summed E-state index contributed by atoms with van der Waals surface area (Å²) in [5, 5.41) is 13.4. The highest BCUT2D eigenvalue weighted by Gasteiger charge is 2.47. The van der Waals surface area contributed by atoms with Crippen LogP contribution < -0.4 is 10.2 Å². The van der Waals surface area contributed by atoms with E-state index in [9.17, 15) is 4.79 Å². The summed E-state index contributed by atoms with van der Waals surface area (Å²) in [7, 11) is 2.03. The number of hydrogen-bond acceptors (Lipinski definition) is 4. The third-order valence-electron chi connectivity index (χ3n) is 3.11. The Morgan fingerprint density at radius 3 is 3.00 bits per heavy atom. The van der Waals surface area contributed by atoms with Crippen LogP contribution in [0.5, 0.6) is 0 Å². The molecule has 0 amide bonds. The zero-order valence-electron chi connectivity index (χ0n) is 8.41. The van der Waals surface area contributed by atoms with Crippen LogP contribution in [0.2, 0.25) is 0 Å². The van der Waals surface area contributed by atoms with E-state index in [0.29, 0.717) is 4.88 Å². The van der Waals surface area contributed by atoms with Crippen molar-refractivity contribution in [3.63, 3.8) is 0 Å². The molecule has 2 aliphatic rings. The van der Waals surface area contributed by atoms with Gasteiger partial charge < -0.3 is 15.3 Å². The molecule has 1 aliphatic carbocycles. The first-order valence-corrected chi connectivity index (χ1v) is 5.78. The molecule has 15 heavy (non-hydrogen) atoms. The SMILES string of the molecule is CN1CC2(CC2)Nc2sc(C(=O)O)cc21. The van der Waals surface area contributed by atoms with Gasteiger partial charge in [0, 0.05) is 13.6 Å². The van der Waals surface area contributed by atoms with Crippen molar-refractivity contribution in [2.45, 2.75) is 18.4 Å². The van der Waals surface area contributed by atoms with Crippen molar-refractivity contribution in [2.24, 2.45) is 0 Å². The minimum absolute atomic E-state index is 0.238. The molecule has 0 radical (unpaired) electrons. The number of fused-ring (bicyclic) bond motifs is 1. The van der Waals surface area contributed by atoms with Crippen molar-refractivity contribution >= 4 is 28.0 Å². The fraction of sp³-hybridized carbons (Fsp3) is 0.500. The number of anilines is 2. The van der Waals surface area contributed by atoms with Crippen LogP contribution >= 0.6 is 11.3 Å². The normalized spacial score (nSPS) is 21.0. The summed E-state index contributed by atoms with van der Waals surface area (Å²) in [6, 6.07) is 1.75. The zero-order chi connectivity index (χ0) is 10.6. The summed E-state index contributed by atoms with van der Waals surface area (Å²) in [6.45, 7) is 0.982. The van der Waals surface area contributed by atoms with Gasteiger partial charge in [0.2, 0.25) is 0 Å². The fourth-order valence-corrected chi connectivity index (χ4v) is 3.18. The number of likely N-dealkylation sites (N-methyl/N-ethyl adjacent to an activating group) is 1. The van der Waals surface area contributed by atoms with Crippen molar-refractivity contribution in [1.82, 2.24) is 0 Å². The molecule has 1 aliphatic heterocycles. The van der Waals surface area contributed by atoms with Crippen LogP contribution in [0.15, 0.2) is 6.07 Å². The molecule has 0 aromatic carbocycles. The van der Waals surface area contributed by atoms with E-state index >= 15 is 0 Å². The van der Waals surface area contributed by atoms with Crippen molar-refractivity contribution < 1.29 is 9.90 Å². The maximum absolute atomic E-state index is 10.9. The Bertz CT molecular complexity index is 437. The quantitative estimate of drug-likeness (QED) is 0.764. The number of carboxylic acids is 1. The summed E-state index contributed by atoms with van der Waals surface area (Å²) < 4.78 is 0. The summed E-state index contributed by atoms with van der Waals surface area (Å²) in [5.74, 6) is -0.838. The second-order valence-corrected chi connectivity index (χ2v) is 5.44. The molecule has 3 rings (SSSR count). The maximum Gasteiger partial charge on any atom is 0.346 e. The van der Waals surface area contributed by atoms with E-state index in [4.69, 9.17) is 5.11 Å². The van der Waals surface area contributed by atoms with Crippen LogP contribution in [0.25, 0.3) is 0 Å². The van der Waals surface area contributed by atoms with Gasteiger partial charge in [-0.25, -0.2) is 4.79 Å². The van der Waals surface area contributed by atoms with Crippen molar-refractivity contribution in [2.75, 3.05) is 23.8 Å². The number of aromatic carboxylic acids is 1. The smallest absolute Gasteiger partial charge is 0.346 e. The van der Waals surface area contributed by atoms with E-state index < -0.39 is 5.97 Å². The Balaban J connectivity index is 2.02. The van der Waals surface area contributed by atoms with E-state index in [0.717, 1.165) is 17.2 Å². The number of nitrogens with one attached hydrogen (secondary N) is 1. The third-order valence-corrected chi connectivity index (χ3v) is 4.13. The van der Waals surface area contributed by atoms with Crippen LogP contribution in [-0.2, 0) is 0 Å². The minimum atomic E-state index is -0.838. The van der Waals surface area contributed by atoms with Crippen molar-refractivity contribution in [1.29, 1.82) is 0 Å². The molecule has 2 N–H and O–H groups in total. The van der Waals surface area contributed by atoms with Gasteiger partial charge in [-0.05, 0) is 18.9 Å². The highest BCUT2D eigenvalue weighted by Crippen LogP contribution is 2.49. The molecule has 1 fully saturated rings. The molecular weight excluding hydrogens is 212 g/mol. The van der Waals surface area contributed by atoms with Gasteiger partial charge in [-0.3, -0.25) is 0 Å². The van der Waals surface area contributed by atoms with Gasteiger partial charge in [0.25, 0.3) is 0 Å². The van der Waals surface area contributed by atoms with Gasteiger partial charge in [-0.15, -0.1) is 11.3 Å². The van der Waals surface area contributed by atoms with Crippen LogP contribution in [0.4, 0.5) is 10.7 Å². The largest absolute Gasteiger partial charge is 0.477 e. The number of carbonyl (C=O) groups is 1. The molecule has 1 saturated carbocycles. The molecule has 80 valence electrons. The van der Waals surface area contributed by atoms with Gasteiger partial charge in [-0.1, -0.05) is 0 Å². The first-order valence-electron chi connectivity index (χ1n) is 4.96. The summed E-state index contributed by atoms with van der Waals surface area (Å²) in [6.07, 6.45) is 2.38. The van der Waals surface area contributed by atoms with Gasteiger partial charge in [0.05, 0.1) is 11.2 Å². The number of nitrogens with zero attached hydrogens (tertiary/aromatic N) is 1. The van der Waals surface area contributed by atoms with Crippen LogP contribution in [-0.4, -0.2) is 30.2 Å². The van der Waals surface area contributed by atoms with E-state index in [2.05, 4.69) is 10.2 Å². The van der Waals surface area contributed by atoms with E-state index in [-0.39, 0.29) is 5.54 Å². The average Bonchev–Trinajstić information content (AvgIpc) is 2.76. The fourth-order valence-electron chi connectivity index (χ4n) is 2.11. The van der Waals surface area contributed by atoms with Gasteiger partial charge >= 0.3 is 5.97 Å². The Morgan fingerprint density at radius 1 is 1.67 bits per heavy atom. The molecule has 2 heterocycles. The molecule has 1 spiro atoms. The molecule has 0 unspecified atom stereocenters. The lowest BCUT2D eigenvalue weighted by Crippen LogP contribution is -2.40. The molecular formula is C10H12N2O2S. The lowest BCUT2D eigenvalue weighted by atomic mass is 10.2. The lowest BCUT2D eigenvalue weighted by molar-refractivity contribution is 0.0702. The summed E-state index contributed by atoms with van der Waals surface area (Å²) in [4.78, 5) is 13.4. The lowest BCUT2D eigenvalue weighted by Gasteiger charge is -2.32. The number of carboxylic acid groups (broad SMARTS) is 1. The van der Waals surface area contributed by atoms with Gasteiger partial charge in [0.15, 0.2) is 0 Å². The van der Waals surface area contributed by atoms with Gasteiger partial charge in [-0.2, -0.15) is 0 Å².